The van der Waals surface area contributed by atoms with Crippen molar-refractivity contribution < 1.29 is 19.8 Å². The maximum atomic E-state index is 11.8. The second kappa shape index (κ2) is 6.39. The van der Waals surface area contributed by atoms with Gasteiger partial charge in [0.2, 0.25) is 0 Å². The van der Waals surface area contributed by atoms with Crippen molar-refractivity contribution in [2.75, 3.05) is 13.1 Å². The average molecular weight is 256 g/mol. The fraction of sp³-hybridized carbons (Fsp3) is 0.667. The summed E-state index contributed by atoms with van der Waals surface area (Å²) in [7, 11) is 0. The molecule has 1 fully saturated rings. The van der Waals surface area contributed by atoms with Gasteiger partial charge in [-0.15, -0.1) is 6.58 Å². The third kappa shape index (κ3) is 3.73. The molecular weight excluding hydrogens is 236 g/mol. The summed E-state index contributed by atoms with van der Waals surface area (Å²) in [5, 5.41) is 20.8. The van der Waals surface area contributed by atoms with Crippen LogP contribution in [0, 0.1) is 5.92 Å². The number of nitrogens with one attached hydrogen (secondary N) is 1. The Morgan fingerprint density at radius 1 is 1.61 bits per heavy atom. The van der Waals surface area contributed by atoms with Crippen molar-refractivity contribution >= 4 is 12.0 Å². The third-order valence-electron chi connectivity index (χ3n) is 3.19. The van der Waals surface area contributed by atoms with E-state index in [1.165, 1.54) is 11.0 Å². The summed E-state index contributed by atoms with van der Waals surface area (Å²) in [6, 6.07) is -1.34. The number of hydrogen-bond donors (Lipinski definition) is 3. The SMILES string of the molecule is C=CCC(NC(=O)N1CCC(C(C)O)C1)C(=O)O. The van der Waals surface area contributed by atoms with Gasteiger partial charge in [-0.05, 0) is 19.8 Å². The van der Waals surface area contributed by atoms with E-state index in [-0.39, 0.29) is 12.3 Å². The fourth-order valence-electron chi connectivity index (χ4n) is 1.99. The van der Waals surface area contributed by atoms with Crippen LogP contribution >= 0.6 is 0 Å². The summed E-state index contributed by atoms with van der Waals surface area (Å²) in [6.07, 6.45) is 1.94. The Balaban J connectivity index is 2.50. The quantitative estimate of drug-likeness (QED) is 0.622. The van der Waals surface area contributed by atoms with E-state index >= 15 is 0 Å². The Kier molecular flexibility index (Phi) is 5.15. The van der Waals surface area contributed by atoms with Crippen LogP contribution in [0.1, 0.15) is 19.8 Å². The molecule has 0 saturated carbocycles. The van der Waals surface area contributed by atoms with Crippen molar-refractivity contribution in [3.05, 3.63) is 12.7 Å². The summed E-state index contributed by atoms with van der Waals surface area (Å²) < 4.78 is 0. The molecular formula is C12H20N2O4. The topological polar surface area (TPSA) is 89.9 Å². The normalized spacial score (nSPS) is 22.3. The summed E-state index contributed by atoms with van der Waals surface area (Å²) >= 11 is 0. The standard InChI is InChI=1S/C12H20N2O4/c1-3-4-10(11(16)17)13-12(18)14-6-5-9(7-14)8(2)15/h3,8-10,15H,1,4-7H2,2H3,(H,13,18)(H,16,17). The van der Waals surface area contributed by atoms with Crippen LogP contribution in [0.15, 0.2) is 12.7 Å². The van der Waals surface area contributed by atoms with Crippen molar-refractivity contribution in [2.45, 2.75) is 31.9 Å². The molecule has 18 heavy (non-hydrogen) atoms. The molecule has 1 heterocycles. The minimum absolute atomic E-state index is 0.0680. The smallest absolute Gasteiger partial charge is 0.326 e. The van der Waals surface area contributed by atoms with Crippen LogP contribution in [0.25, 0.3) is 0 Å². The van der Waals surface area contributed by atoms with Gasteiger partial charge in [0, 0.05) is 19.0 Å². The van der Waals surface area contributed by atoms with Gasteiger partial charge in [-0.25, -0.2) is 9.59 Å². The lowest BCUT2D eigenvalue weighted by atomic mass is 10.0. The van der Waals surface area contributed by atoms with Gasteiger partial charge in [0.15, 0.2) is 0 Å². The van der Waals surface area contributed by atoms with Crippen molar-refractivity contribution in [2.24, 2.45) is 5.92 Å². The lowest BCUT2D eigenvalue weighted by Crippen LogP contribution is -2.47. The zero-order valence-corrected chi connectivity index (χ0v) is 10.5. The Bertz CT molecular complexity index is 330. The van der Waals surface area contributed by atoms with Crippen LogP contribution in [0.5, 0.6) is 0 Å². The molecule has 3 N–H and O–H groups in total. The first-order valence-corrected chi connectivity index (χ1v) is 6.03. The van der Waals surface area contributed by atoms with E-state index < -0.39 is 24.1 Å². The Hall–Kier alpha value is -1.56. The molecule has 0 spiro atoms. The summed E-state index contributed by atoms with van der Waals surface area (Å²) in [5.74, 6) is -1.01. The second-order valence-corrected chi connectivity index (χ2v) is 4.60. The Labute approximate surface area is 106 Å². The number of amides is 2. The predicted molar refractivity (Wildman–Crippen MR) is 66.1 cm³/mol. The van der Waals surface area contributed by atoms with Crippen LogP contribution in [0.3, 0.4) is 0 Å². The molecule has 0 radical (unpaired) electrons. The highest BCUT2D eigenvalue weighted by atomic mass is 16.4. The van der Waals surface area contributed by atoms with Crippen LogP contribution < -0.4 is 5.32 Å². The number of carbonyl (C=O) groups excluding carboxylic acids is 1. The zero-order valence-electron chi connectivity index (χ0n) is 10.5. The van der Waals surface area contributed by atoms with Gasteiger partial charge in [-0.1, -0.05) is 6.08 Å². The number of urea groups is 1. The molecule has 0 aliphatic carbocycles. The lowest BCUT2D eigenvalue weighted by molar-refractivity contribution is -0.139. The molecule has 2 amide bonds. The van der Waals surface area contributed by atoms with Crippen molar-refractivity contribution in [1.29, 1.82) is 0 Å². The minimum atomic E-state index is -1.07. The maximum Gasteiger partial charge on any atom is 0.326 e. The van der Waals surface area contributed by atoms with Gasteiger partial charge in [0.25, 0.3) is 0 Å². The van der Waals surface area contributed by atoms with Gasteiger partial charge in [-0.3, -0.25) is 0 Å². The monoisotopic (exact) mass is 256 g/mol. The highest BCUT2D eigenvalue weighted by molar-refractivity contribution is 5.82. The fourth-order valence-corrected chi connectivity index (χ4v) is 1.99. The van der Waals surface area contributed by atoms with E-state index in [1.807, 2.05) is 0 Å². The predicted octanol–water partition coefficient (Wildman–Crippen LogP) is 0.428. The molecule has 0 aromatic heterocycles. The molecule has 3 atom stereocenters. The second-order valence-electron chi connectivity index (χ2n) is 4.60. The van der Waals surface area contributed by atoms with E-state index in [2.05, 4.69) is 11.9 Å². The van der Waals surface area contributed by atoms with E-state index in [0.717, 1.165) is 6.42 Å². The van der Waals surface area contributed by atoms with Crippen molar-refractivity contribution in [1.82, 2.24) is 10.2 Å². The number of hydrogen-bond acceptors (Lipinski definition) is 3. The molecule has 1 saturated heterocycles. The van der Waals surface area contributed by atoms with Crippen LogP contribution in [-0.4, -0.2) is 52.3 Å². The number of aliphatic hydroxyl groups excluding tert-OH is 1. The Morgan fingerprint density at radius 3 is 2.72 bits per heavy atom. The summed E-state index contributed by atoms with van der Waals surface area (Å²) in [5.41, 5.74) is 0. The molecule has 3 unspecified atom stereocenters. The molecule has 0 bridgehead atoms. The number of carboxylic acids is 1. The van der Waals surface area contributed by atoms with E-state index in [0.29, 0.717) is 13.1 Å². The minimum Gasteiger partial charge on any atom is -0.480 e. The molecule has 1 rings (SSSR count). The van der Waals surface area contributed by atoms with E-state index in [4.69, 9.17) is 5.11 Å². The van der Waals surface area contributed by atoms with Gasteiger partial charge >= 0.3 is 12.0 Å². The van der Waals surface area contributed by atoms with Gasteiger partial charge in [0.1, 0.15) is 6.04 Å². The first kappa shape index (κ1) is 14.5. The number of rotatable bonds is 5. The summed E-state index contributed by atoms with van der Waals surface area (Å²) in [6.45, 7) is 6.17. The van der Waals surface area contributed by atoms with Gasteiger partial charge in [0.05, 0.1) is 6.10 Å². The largest absolute Gasteiger partial charge is 0.480 e. The van der Waals surface area contributed by atoms with Gasteiger partial charge < -0.3 is 20.4 Å². The van der Waals surface area contributed by atoms with E-state index in [1.54, 1.807) is 6.92 Å². The van der Waals surface area contributed by atoms with Crippen LogP contribution in [0.4, 0.5) is 4.79 Å². The highest BCUT2D eigenvalue weighted by Gasteiger charge is 2.30. The van der Waals surface area contributed by atoms with Crippen molar-refractivity contribution in [3.63, 3.8) is 0 Å². The molecule has 102 valence electrons. The number of nitrogens with zero attached hydrogens (tertiary/aromatic N) is 1. The number of carboxylic acid groups (broad SMARTS) is 1. The first-order chi connectivity index (χ1) is 8.45. The molecule has 1 aliphatic rings. The average Bonchev–Trinajstić information content (AvgIpc) is 2.77. The number of aliphatic carboxylic acids is 1. The highest BCUT2D eigenvalue weighted by Crippen LogP contribution is 2.19. The lowest BCUT2D eigenvalue weighted by Gasteiger charge is -2.21. The van der Waals surface area contributed by atoms with E-state index in [9.17, 15) is 14.7 Å². The molecule has 6 nitrogen and oxygen atoms in total. The molecule has 1 aliphatic heterocycles. The van der Waals surface area contributed by atoms with Gasteiger partial charge in [-0.2, -0.15) is 0 Å². The molecule has 0 aromatic carbocycles. The molecule has 6 heteroatoms. The number of likely N-dealkylation sites (tertiary alicyclic amines) is 1. The van der Waals surface area contributed by atoms with Crippen molar-refractivity contribution in [3.8, 4) is 0 Å². The first-order valence-electron chi connectivity index (χ1n) is 6.03. The Morgan fingerprint density at radius 2 is 2.28 bits per heavy atom. The molecule has 0 aromatic rings. The zero-order chi connectivity index (χ0) is 13.7. The van der Waals surface area contributed by atoms with Crippen LogP contribution in [-0.2, 0) is 4.79 Å². The summed E-state index contributed by atoms with van der Waals surface area (Å²) in [4.78, 5) is 24.3. The maximum absolute atomic E-state index is 11.8. The number of carbonyl (C=O) groups is 2. The third-order valence-corrected chi connectivity index (χ3v) is 3.19. The number of aliphatic hydroxyl groups is 1. The van der Waals surface area contributed by atoms with Crippen LogP contribution in [0.2, 0.25) is 0 Å².